The molecular weight excluding hydrogens is 200 g/mol. The van der Waals surface area contributed by atoms with Gasteiger partial charge in [-0.15, -0.1) is 0 Å². The van der Waals surface area contributed by atoms with Crippen molar-refractivity contribution in [3.8, 4) is 0 Å². The number of nitrogens with zero attached hydrogens (tertiary/aromatic N) is 2. The fourth-order valence-corrected chi connectivity index (χ4v) is 1.30. The second-order valence-corrected chi connectivity index (χ2v) is 3.85. The first-order valence-corrected chi connectivity index (χ1v) is 4.67. The van der Waals surface area contributed by atoms with Crippen molar-refractivity contribution in [3.63, 3.8) is 0 Å². The summed E-state index contributed by atoms with van der Waals surface area (Å²) in [5.41, 5.74) is 0. The average Bonchev–Trinajstić information content (AvgIpc) is 2.03. The molecule has 0 atom stereocenters. The van der Waals surface area contributed by atoms with Crippen LogP contribution in [-0.4, -0.2) is 28.3 Å². The Bertz CT molecular complexity index is 356. The second kappa shape index (κ2) is 3.15. The van der Waals surface area contributed by atoms with Crippen LogP contribution in [0.5, 0.6) is 0 Å². The van der Waals surface area contributed by atoms with Gasteiger partial charge >= 0.3 is 0 Å². The van der Waals surface area contributed by atoms with E-state index in [-0.39, 0.29) is 0 Å². The summed E-state index contributed by atoms with van der Waals surface area (Å²) < 4.78 is 29.6. The minimum atomic E-state index is -4.20. The standard InChI is InChI=1S/C5H6N2O5S/c8-7(9)6-3-1-5(2-4-6)13(10,11)12/h1-5H,(H,10,11,12). The van der Waals surface area contributed by atoms with Crippen LogP contribution in [0.2, 0.25) is 0 Å². The largest absolute Gasteiger partial charge is 0.285 e. The highest BCUT2D eigenvalue weighted by atomic mass is 32.2. The molecule has 0 spiro atoms. The highest BCUT2D eigenvalue weighted by molar-refractivity contribution is 7.86. The molecule has 1 aliphatic heterocycles. The summed E-state index contributed by atoms with van der Waals surface area (Å²) in [6.07, 6.45) is 3.94. The lowest BCUT2D eigenvalue weighted by molar-refractivity contribution is -0.624. The zero-order valence-electron chi connectivity index (χ0n) is 6.27. The predicted molar refractivity (Wildman–Crippen MR) is 42.5 cm³/mol. The van der Waals surface area contributed by atoms with Gasteiger partial charge in [0, 0.05) is 0 Å². The van der Waals surface area contributed by atoms with Crippen LogP contribution in [0, 0.1) is 10.1 Å². The van der Waals surface area contributed by atoms with Gasteiger partial charge in [-0.05, 0) is 12.2 Å². The van der Waals surface area contributed by atoms with Gasteiger partial charge in [-0.1, -0.05) is 5.01 Å². The van der Waals surface area contributed by atoms with E-state index in [0.29, 0.717) is 5.01 Å². The molecule has 13 heavy (non-hydrogen) atoms. The van der Waals surface area contributed by atoms with Crippen molar-refractivity contribution in [1.82, 2.24) is 5.01 Å². The molecule has 0 fully saturated rings. The van der Waals surface area contributed by atoms with Gasteiger partial charge in [0.15, 0.2) is 5.03 Å². The predicted octanol–water partition coefficient (Wildman–Crippen LogP) is -0.222. The summed E-state index contributed by atoms with van der Waals surface area (Å²) in [5, 5.41) is 8.78. The molecule has 1 N–H and O–H groups in total. The summed E-state index contributed by atoms with van der Waals surface area (Å²) in [7, 11) is -4.20. The molecule has 7 nitrogen and oxygen atoms in total. The Morgan fingerprint density at radius 1 is 1.38 bits per heavy atom. The Kier molecular flexibility index (Phi) is 2.34. The first kappa shape index (κ1) is 9.68. The SMILES string of the molecule is O=[N+]([O-])N1C=CC(S(=O)(=O)O)C=C1. The van der Waals surface area contributed by atoms with Crippen LogP contribution in [-0.2, 0) is 10.1 Å². The maximum absolute atomic E-state index is 10.5. The fraction of sp³-hybridized carbons (Fsp3) is 0.200. The monoisotopic (exact) mass is 206 g/mol. The van der Waals surface area contributed by atoms with E-state index in [0.717, 1.165) is 24.6 Å². The molecule has 0 aromatic rings. The van der Waals surface area contributed by atoms with Gasteiger partial charge < -0.3 is 0 Å². The van der Waals surface area contributed by atoms with Crippen molar-refractivity contribution < 1.29 is 18.0 Å². The first-order valence-electron chi connectivity index (χ1n) is 3.17. The Morgan fingerprint density at radius 3 is 2.15 bits per heavy atom. The molecule has 0 aromatic heterocycles. The van der Waals surface area contributed by atoms with Crippen LogP contribution < -0.4 is 0 Å². The van der Waals surface area contributed by atoms with Crippen molar-refractivity contribution in [2.24, 2.45) is 0 Å². The molecule has 0 saturated carbocycles. The van der Waals surface area contributed by atoms with Crippen LogP contribution in [0.1, 0.15) is 0 Å². The highest BCUT2D eigenvalue weighted by Crippen LogP contribution is 2.10. The maximum Gasteiger partial charge on any atom is 0.275 e. The van der Waals surface area contributed by atoms with E-state index in [1.54, 1.807) is 0 Å². The molecule has 1 aliphatic rings. The summed E-state index contributed by atoms with van der Waals surface area (Å²) >= 11 is 0. The van der Waals surface area contributed by atoms with Crippen molar-refractivity contribution >= 4 is 10.1 Å². The summed E-state index contributed by atoms with van der Waals surface area (Å²) in [5.74, 6) is 0. The molecule has 0 bridgehead atoms. The van der Waals surface area contributed by atoms with E-state index >= 15 is 0 Å². The summed E-state index contributed by atoms with van der Waals surface area (Å²) in [6, 6.07) is 0. The molecule has 72 valence electrons. The van der Waals surface area contributed by atoms with Crippen LogP contribution >= 0.6 is 0 Å². The van der Waals surface area contributed by atoms with E-state index in [2.05, 4.69) is 0 Å². The Morgan fingerprint density at radius 2 is 1.85 bits per heavy atom. The fourth-order valence-electron chi connectivity index (χ4n) is 0.767. The van der Waals surface area contributed by atoms with Gasteiger partial charge in [-0.25, -0.2) is 10.1 Å². The lowest BCUT2D eigenvalue weighted by Crippen LogP contribution is -2.25. The number of hydrogen-bond acceptors (Lipinski definition) is 4. The van der Waals surface area contributed by atoms with Gasteiger partial charge in [0.1, 0.15) is 5.25 Å². The normalized spacial score (nSPS) is 17.8. The van der Waals surface area contributed by atoms with Gasteiger partial charge in [0.25, 0.3) is 10.1 Å². The van der Waals surface area contributed by atoms with Gasteiger partial charge in [-0.2, -0.15) is 8.42 Å². The van der Waals surface area contributed by atoms with E-state index in [4.69, 9.17) is 4.55 Å². The second-order valence-electron chi connectivity index (χ2n) is 2.28. The van der Waals surface area contributed by atoms with Crippen molar-refractivity contribution in [3.05, 3.63) is 34.7 Å². The Balaban J connectivity index is 2.81. The van der Waals surface area contributed by atoms with E-state index in [9.17, 15) is 18.5 Å². The number of nitro groups is 1. The molecule has 0 saturated heterocycles. The van der Waals surface area contributed by atoms with Crippen molar-refractivity contribution in [2.45, 2.75) is 5.25 Å². The molecule has 8 heteroatoms. The van der Waals surface area contributed by atoms with Crippen molar-refractivity contribution in [2.75, 3.05) is 0 Å². The third-order valence-electron chi connectivity index (χ3n) is 1.39. The third-order valence-corrected chi connectivity index (χ3v) is 2.39. The summed E-state index contributed by atoms with van der Waals surface area (Å²) in [4.78, 5) is 10.1. The van der Waals surface area contributed by atoms with E-state index in [1.165, 1.54) is 0 Å². The number of hydrogen-bond donors (Lipinski definition) is 1. The maximum atomic E-state index is 10.5. The molecule has 0 amide bonds. The highest BCUT2D eigenvalue weighted by Gasteiger charge is 2.22. The number of hydrazine groups is 1. The topological polar surface area (TPSA) is 101 Å². The molecule has 1 heterocycles. The lowest BCUT2D eigenvalue weighted by Gasteiger charge is -2.11. The smallest absolute Gasteiger partial charge is 0.275 e. The molecule has 0 radical (unpaired) electrons. The Hall–Kier alpha value is -1.41. The van der Waals surface area contributed by atoms with E-state index in [1.807, 2.05) is 0 Å². The molecule has 0 aliphatic carbocycles. The first-order chi connectivity index (χ1) is 5.91. The quantitative estimate of drug-likeness (QED) is 0.380. The van der Waals surface area contributed by atoms with E-state index < -0.39 is 20.4 Å². The van der Waals surface area contributed by atoms with Crippen LogP contribution in [0.15, 0.2) is 24.6 Å². The van der Waals surface area contributed by atoms with Crippen LogP contribution in [0.25, 0.3) is 0 Å². The summed E-state index contributed by atoms with van der Waals surface area (Å²) in [6.45, 7) is 0. The molecule has 0 aromatic carbocycles. The average molecular weight is 206 g/mol. The number of rotatable bonds is 2. The van der Waals surface area contributed by atoms with Crippen molar-refractivity contribution in [1.29, 1.82) is 0 Å². The minimum absolute atomic E-state index is 0.585. The third kappa shape index (κ3) is 2.26. The Labute approximate surface area is 73.8 Å². The van der Waals surface area contributed by atoms with Gasteiger partial charge in [0.05, 0.1) is 12.4 Å². The van der Waals surface area contributed by atoms with Gasteiger partial charge in [0.2, 0.25) is 0 Å². The van der Waals surface area contributed by atoms with Gasteiger partial charge in [-0.3, -0.25) is 4.55 Å². The molecular formula is C5H6N2O5S. The van der Waals surface area contributed by atoms with Crippen LogP contribution in [0.3, 0.4) is 0 Å². The zero-order valence-corrected chi connectivity index (χ0v) is 7.09. The zero-order chi connectivity index (χ0) is 10.1. The minimum Gasteiger partial charge on any atom is -0.285 e. The molecule has 1 rings (SSSR count). The lowest BCUT2D eigenvalue weighted by atomic mass is 10.3. The van der Waals surface area contributed by atoms with Crippen LogP contribution in [0.4, 0.5) is 0 Å². The molecule has 0 unspecified atom stereocenters.